The van der Waals surface area contributed by atoms with E-state index in [1.807, 2.05) is 12.1 Å². The summed E-state index contributed by atoms with van der Waals surface area (Å²) < 4.78 is 29.0. The number of halogens is 1. The minimum Gasteiger partial charge on any atom is -0.394 e. The fourth-order valence-corrected chi connectivity index (χ4v) is 6.73. The highest BCUT2D eigenvalue weighted by Gasteiger charge is 2.40. The molecule has 1 heterocycles. The summed E-state index contributed by atoms with van der Waals surface area (Å²) in [5.41, 5.74) is 1.76. The van der Waals surface area contributed by atoms with Gasteiger partial charge in [0.25, 0.3) is 5.91 Å². The highest BCUT2D eigenvalue weighted by Crippen LogP contribution is 2.39. The van der Waals surface area contributed by atoms with Gasteiger partial charge in [0.1, 0.15) is 0 Å². The maximum Gasteiger partial charge on any atom is 0.251 e. The summed E-state index contributed by atoms with van der Waals surface area (Å²) in [6.07, 6.45) is 4.63. The predicted molar refractivity (Wildman–Crippen MR) is 129 cm³/mol. The maximum absolute atomic E-state index is 13.7. The summed E-state index contributed by atoms with van der Waals surface area (Å²) in [6.45, 7) is 3.65. The number of aliphatic hydroxyl groups is 1. The number of aliphatic hydroxyl groups excluding tert-OH is 1. The Bertz CT molecular complexity index is 1130. The van der Waals surface area contributed by atoms with Crippen LogP contribution in [0.4, 0.5) is 0 Å². The largest absolute Gasteiger partial charge is 0.394 e. The van der Waals surface area contributed by atoms with Gasteiger partial charge < -0.3 is 10.4 Å². The molecule has 2 N–H and O–H groups in total. The van der Waals surface area contributed by atoms with Gasteiger partial charge in [-0.25, -0.2) is 8.42 Å². The zero-order valence-corrected chi connectivity index (χ0v) is 20.6. The number of nitrogens with zero attached hydrogens (tertiary/aromatic N) is 1. The van der Waals surface area contributed by atoms with Crippen molar-refractivity contribution in [1.29, 1.82) is 0 Å². The first kappa shape index (κ1) is 24.2. The topological polar surface area (TPSA) is 86.7 Å². The lowest BCUT2D eigenvalue weighted by Crippen LogP contribution is -2.46. The monoisotopic (exact) mass is 490 g/mol. The maximum atomic E-state index is 13.7. The highest BCUT2D eigenvalue weighted by molar-refractivity contribution is 7.89. The lowest BCUT2D eigenvalue weighted by molar-refractivity contribution is 0.0869. The van der Waals surface area contributed by atoms with Crippen LogP contribution in [0.1, 0.15) is 61.0 Å². The van der Waals surface area contributed by atoms with Crippen LogP contribution >= 0.6 is 11.6 Å². The van der Waals surface area contributed by atoms with E-state index in [-0.39, 0.29) is 35.9 Å². The van der Waals surface area contributed by atoms with Crippen molar-refractivity contribution in [3.63, 3.8) is 0 Å². The Morgan fingerprint density at radius 3 is 2.52 bits per heavy atom. The third kappa shape index (κ3) is 5.11. The van der Waals surface area contributed by atoms with Gasteiger partial charge in [0.15, 0.2) is 0 Å². The lowest BCUT2D eigenvalue weighted by Gasteiger charge is -2.37. The van der Waals surface area contributed by atoms with E-state index in [1.54, 1.807) is 48.5 Å². The molecule has 4 rings (SSSR count). The minimum absolute atomic E-state index is 0.0718. The van der Waals surface area contributed by atoms with Crippen LogP contribution < -0.4 is 5.32 Å². The summed E-state index contributed by atoms with van der Waals surface area (Å²) in [5.74, 6) is -0.0406. The summed E-state index contributed by atoms with van der Waals surface area (Å²) in [6, 6.07) is 11.8. The Hall–Kier alpha value is -1.93. The number of carbonyl (C=O) groups excluding carboxylic acids is 1. The van der Waals surface area contributed by atoms with Gasteiger partial charge >= 0.3 is 0 Å². The quantitative estimate of drug-likeness (QED) is 0.659. The molecule has 2 aromatic rings. The number of fused-ring (bicyclic) bond motifs is 2. The predicted octanol–water partition coefficient (Wildman–Crippen LogP) is 4.15. The molecule has 0 radical (unpaired) electrons. The molecular weight excluding hydrogens is 460 g/mol. The van der Waals surface area contributed by atoms with Crippen molar-refractivity contribution in [3.8, 4) is 0 Å². The first-order valence-electron chi connectivity index (χ1n) is 11.4. The van der Waals surface area contributed by atoms with Crippen molar-refractivity contribution in [3.05, 3.63) is 64.2 Å². The average Bonchev–Trinajstić information content (AvgIpc) is 2.95. The zero-order chi connectivity index (χ0) is 23.8. The molecule has 1 aliphatic carbocycles. The van der Waals surface area contributed by atoms with E-state index < -0.39 is 15.6 Å². The molecule has 1 aliphatic heterocycles. The molecule has 6 nitrogen and oxygen atoms in total. The van der Waals surface area contributed by atoms with Crippen LogP contribution in [0.15, 0.2) is 47.4 Å². The molecule has 2 aliphatic rings. The molecule has 178 valence electrons. The molecule has 0 spiro atoms. The van der Waals surface area contributed by atoms with E-state index in [0.29, 0.717) is 10.6 Å². The molecule has 2 unspecified atom stereocenters. The highest BCUT2D eigenvalue weighted by atomic mass is 35.5. The van der Waals surface area contributed by atoms with Crippen LogP contribution in [0.2, 0.25) is 5.02 Å². The molecule has 2 atom stereocenters. The van der Waals surface area contributed by atoms with E-state index in [4.69, 9.17) is 11.6 Å². The summed E-state index contributed by atoms with van der Waals surface area (Å²) in [4.78, 5) is 13.0. The fraction of sp³-hybridized carbons (Fsp3) is 0.480. The number of amides is 1. The SMILES string of the molecule is CC(C)(CO)NC(=O)c1ccc2c(c1)CC1CCCCC1N(S(=O)(=O)c1ccc(Cl)cc1)C2. The molecule has 33 heavy (non-hydrogen) atoms. The van der Waals surface area contributed by atoms with Crippen molar-refractivity contribution >= 4 is 27.5 Å². The normalized spacial score (nSPS) is 21.6. The number of benzene rings is 2. The number of nitrogens with one attached hydrogen (secondary N) is 1. The molecule has 0 bridgehead atoms. The van der Waals surface area contributed by atoms with E-state index in [2.05, 4.69) is 5.32 Å². The van der Waals surface area contributed by atoms with Crippen molar-refractivity contribution in [1.82, 2.24) is 9.62 Å². The Kier molecular flexibility index (Phi) is 6.87. The molecule has 8 heteroatoms. The second kappa shape index (κ2) is 9.37. The van der Waals surface area contributed by atoms with Gasteiger partial charge in [-0.2, -0.15) is 4.31 Å². The summed E-state index contributed by atoms with van der Waals surface area (Å²) in [7, 11) is -3.70. The Morgan fingerprint density at radius 1 is 1.12 bits per heavy atom. The molecular formula is C25H31ClN2O4S. The first-order chi connectivity index (χ1) is 15.6. The Morgan fingerprint density at radius 2 is 1.82 bits per heavy atom. The molecule has 1 saturated carbocycles. The van der Waals surface area contributed by atoms with E-state index >= 15 is 0 Å². The second-order valence-corrected chi connectivity index (χ2v) is 12.1. The molecule has 2 aromatic carbocycles. The Labute approximate surface area is 201 Å². The smallest absolute Gasteiger partial charge is 0.251 e. The van der Waals surface area contributed by atoms with Gasteiger partial charge in [0.2, 0.25) is 10.0 Å². The van der Waals surface area contributed by atoms with Crippen LogP contribution in [0.5, 0.6) is 0 Å². The van der Waals surface area contributed by atoms with Gasteiger partial charge in [-0.15, -0.1) is 0 Å². The minimum atomic E-state index is -3.70. The van der Waals surface area contributed by atoms with Crippen LogP contribution in [-0.4, -0.2) is 41.9 Å². The van der Waals surface area contributed by atoms with E-state index in [0.717, 1.165) is 43.2 Å². The Balaban J connectivity index is 1.70. The van der Waals surface area contributed by atoms with Crippen molar-refractivity contribution < 1.29 is 18.3 Å². The number of carbonyl (C=O) groups is 1. The molecule has 1 fully saturated rings. The van der Waals surface area contributed by atoms with Gasteiger partial charge in [-0.1, -0.05) is 30.5 Å². The average molecular weight is 491 g/mol. The van der Waals surface area contributed by atoms with Gasteiger partial charge in [-0.05, 0) is 86.6 Å². The van der Waals surface area contributed by atoms with Crippen LogP contribution in [0, 0.1) is 5.92 Å². The standard InChI is InChI=1S/C25H31ClN2O4S/c1-25(2,16-29)27-24(30)18-7-8-19-15-28(33(31,32)22-11-9-21(26)10-12-22)23-6-4-3-5-17(23)13-20(19)14-18/h7-12,14,17,23,29H,3-6,13,15-16H2,1-2H3,(H,27,30). The van der Waals surface area contributed by atoms with E-state index in [1.165, 1.54) is 0 Å². The molecule has 1 amide bonds. The lowest BCUT2D eigenvalue weighted by atomic mass is 9.81. The number of rotatable bonds is 5. The number of hydrogen-bond acceptors (Lipinski definition) is 4. The summed E-state index contributed by atoms with van der Waals surface area (Å²) in [5, 5.41) is 12.8. The second-order valence-electron chi connectivity index (χ2n) is 9.80. The third-order valence-electron chi connectivity index (χ3n) is 6.78. The van der Waals surface area contributed by atoms with E-state index in [9.17, 15) is 18.3 Å². The molecule has 0 saturated heterocycles. The number of hydrogen-bond donors (Lipinski definition) is 2. The third-order valence-corrected chi connectivity index (χ3v) is 8.92. The van der Waals surface area contributed by atoms with Crippen molar-refractivity contribution in [2.75, 3.05) is 6.61 Å². The zero-order valence-electron chi connectivity index (χ0n) is 19.1. The number of sulfonamides is 1. The van der Waals surface area contributed by atoms with Crippen LogP contribution in [0.25, 0.3) is 0 Å². The first-order valence-corrected chi connectivity index (χ1v) is 13.2. The van der Waals surface area contributed by atoms with Crippen LogP contribution in [-0.2, 0) is 23.0 Å². The fourth-order valence-electron chi connectivity index (χ4n) is 4.91. The van der Waals surface area contributed by atoms with Crippen molar-refractivity contribution in [2.24, 2.45) is 5.92 Å². The van der Waals surface area contributed by atoms with Crippen LogP contribution in [0.3, 0.4) is 0 Å². The van der Waals surface area contributed by atoms with Crippen molar-refractivity contribution in [2.45, 2.75) is 69.0 Å². The van der Waals surface area contributed by atoms with Gasteiger partial charge in [-0.3, -0.25) is 4.79 Å². The molecule has 0 aromatic heterocycles. The summed E-state index contributed by atoms with van der Waals surface area (Å²) >= 11 is 5.99. The van der Waals surface area contributed by atoms with Gasteiger partial charge in [0.05, 0.1) is 17.0 Å². The van der Waals surface area contributed by atoms with Gasteiger partial charge in [0, 0.05) is 23.2 Å².